The molecule has 5 atom stereocenters. The van der Waals surface area contributed by atoms with Crippen LogP contribution in [0.2, 0.25) is 0 Å². The molecule has 7 heteroatoms. The number of para-hydroxylation sites is 1. The molecule has 1 aliphatic carbocycles. The number of carbonyl (C=O) groups excluding carboxylic acids is 1. The van der Waals surface area contributed by atoms with E-state index >= 15 is 0 Å². The number of nitriles is 2. The summed E-state index contributed by atoms with van der Waals surface area (Å²) in [6.07, 6.45) is 0. The lowest BCUT2D eigenvalue weighted by Crippen LogP contribution is -2.48. The summed E-state index contributed by atoms with van der Waals surface area (Å²) in [5.41, 5.74) is -0.243. The van der Waals surface area contributed by atoms with Crippen LogP contribution >= 0.6 is 11.3 Å². The highest BCUT2D eigenvalue weighted by Gasteiger charge is 2.84. The van der Waals surface area contributed by atoms with E-state index < -0.39 is 34.6 Å². The standard InChI is InChI=1S/C27H17FN4OS/c28-18-12-10-16(11-13-18)22-23-26(22,15-30)25(33)32-27(23,17-6-2-1-3-7-17)19(14-29)24-31-20-8-4-5-9-21(20)34-24/h1-13,19,22-23H,(H,32,33)/t19?,22-,23-,26?,27?/m1/s1. The van der Waals surface area contributed by atoms with Crippen molar-refractivity contribution < 1.29 is 9.18 Å². The number of hydrogen-bond acceptors (Lipinski definition) is 5. The molecule has 3 unspecified atom stereocenters. The predicted octanol–water partition coefficient (Wildman–Crippen LogP) is 4.99. The van der Waals surface area contributed by atoms with Gasteiger partial charge in [-0.05, 0) is 35.4 Å². The molecule has 0 radical (unpaired) electrons. The van der Waals surface area contributed by atoms with E-state index in [2.05, 4.69) is 17.5 Å². The van der Waals surface area contributed by atoms with Crippen LogP contribution in [0.5, 0.6) is 0 Å². The first kappa shape index (κ1) is 20.5. The van der Waals surface area contributed by atoms with Gasteiger partial charge in [0.1, 0.15) is 22.2 Å². The Morgan fingerprint density at radius 3 is 2.38 bits per heavy atom. The van der Waals surface area contributed by atoms with E-state index in [0.717, 1.165) is 15.8 Å². The fraction of sp³-hybridized carbons (Fsp3) is 0.185. The third-order valence-electron chi connectivity index (χ3n) is 7.20. The second kappa shape index (κ2) is 7.21. The first-order chi connectivity index (χ1) is 16.6. The maximum Gasteiger partial charge on any atom is 0.242 e. The number of benzene rings is 3. The molecule has 2 aliphatic rings. The number of rotatable bonds is 4. The molecular formula is C27H17FN4OS. The lowest BCUT2D eigenvalue weighted by molar-refractivity contribution is -0.124. The minimum absolute atomic E-state index is 0.385. The van der Waals surface area contributed by atoms with Crippen molar-refractivity contribution in [2.45, 2.75) is 17.4 Å². The molecule has 1 aliphatic heterocycles. The van der Waals surface area contributed by atoms with Gasteiger partial charge in [0.05, 0.1) is 27.9 Å². The quantitative estimate of drug-likeness (QED) is 0.461. The van der Waals surface area contributed by atoms with Crippen LogP contribution in [0.4, 0.5) is 4.39 Å². The smallest absolute Gasteiger partial charge is 0.242 e. The molecule has 1 N–H and O–H groups in total. The fourth-order valence-electron chi connectivity index (χ4n) is 5.73. The molecule has 1 amide bonds. The van der Waals surface area contributed by atoms with Crippen molar-refractivity contribution in [1.29, 1.82) is 10.5 Å². The van der Waals surface area contributed by atoms with E-state index in [4.69, 9.17) is 4.98 Å². The minimum Gasteiger partial charge on any atom is -0.343 e. The number of nitrogens with zero attached hydrogens (tertiary/aromatic N) is 3. The van der Waals surface area contributed by atoms with Crippen molar-refractivity contribution >= 4 is 27.5 Å². The topological polar surface area (TPSA) is 89.6 Å². The van der Waals surface area contributed by atoms with E-state index in [1.807, 2.05) is 54.6 Å². The zero-order chi connectivity index (χ0) is 23.5. The Bertz CT molecular complexity index is 1490. The summed E-state index contributed by atoms with van der Waals surface area (Å²) >= 11 is 1.42. The van der Waals surface area contributed by atoms with Gasteiger partial charge >= 0.3 is 0 Å². The number of hydrogen-bond donors (Lipinski definition) is 1. The molecular weight excluding hydrogens is 447 g/mol. The molecule has 6 rings (SSSR count). The second-order valence-corrected chi connectivity index (χ2v) is 9.82. The van der Waals surface area contributed by atoms with Gasteiger partial charge in [0.2, 0.25) is 5.91 Å². The lowest BCUT2D eigenvalue weighted by atomic mass is 9.74. The average molecular weight is 465 g/mol. The molecule has 164 valence electrons. The molecule has 1 aromatic heterocycles. The predicted molar refractivity (Wildman–Crippen MR) is 125 cm³/mol. The average Bonchev–Trinajstić information content (AvgIpc) is 3.25. The van der Waals surface area contributed by atoms with Crippen LogP contribution in [0.15, 0.2) is 78.9 Å². The maximum absolute atomic E-state index is 13.6. The Kier molecular flexibility index (Phi) is 4.36. The summed E-state index contributed by atoms with van der Waals surface area (Å²) in [5.74, 6) is -2.58. The first-order valence-corrected chi connectivity index (χ1v) is 11.7. The summed E-state index contributed by atoms with van der Waals surface area (Å²) < 4.78 is 14.6. The van der Waals surface area contributed by atoms with Crippen LogP contribution < -0.4 is 5.32 Å². The summed E-state index contributed by atoms with van der Waals surface area (Å²) in [7, 11) is 0. The van der Waals surface area contributed by atoms with Gasteiger partial charge in [-0.1, -0.05) is 54.6 Å². The molecule has 1 saturated carbocycles. The summed E-state index contributed by atoms with van der Waals surface area (Å²) in [6.45, 7) is 0. The number of piperidine rings is 1. The van der Waals surface area contributed by atoms with Crippen LogP contribution in [0.1, 0.15) is 28.0 Å². The second-order valence-electron chi connectivity index (χ2n) is 8.76. The maximum atomic E-state index is 13.6. The normalized spacial score (nSPS) is 27.9. The highest BCUT2D eigenvalue weighted by Crippen LogP contribution is 2.76. The lowest BCUT2D eigenvalue weighted by Gasteiger charge is -2.36. The van der Waals surface area contributed by atoms with E-state index in [0.29, 0.717) is 10.6 Å². The number of aromatic nitrogens is 1. The van der Waals surface area contributed by atoms with Crippen LogP contribution in [0, 0.1) is 39.8 Å². The minimum atomic E-state index is -1.33. The fourth-order valence-corrected chi connectivity index (χ4v) is 6.82. The van der Waals surface area contributed by atoms with Gasteiger partial charge in [-0.25, -0.2) is 9.37 Å². The number of thiazole rings is 1. The largest absolute Gasteiger partial charge is 0.343 e. The molecule has 1 saturated heterocycles. The Hall–Kier alpha value is -4.07. The van der Waals surface area contributed by atoms with Crippen molar-refractivity contribution in [2.75, 3.05) is 0 Å². The van der Waals surface area contributed by atoms with Gasteiger partial charge in [-0.15, -0.1) is 11.3 Å². The van der Waals surface area contributed by atoms with E-state index in [-0.39, 0.29) is 5.82 Å². The van der Waals surface area contributed by atoms with Crippen LogP contribution in [0.25, 0.3) is 10.2 Å². The number of carbonyl (C=O) groups is 1. The van der Waals surface area contributed by atoms with Gasteiger partial charge in [0, 0.05) is 11.8 Å². The third kappa shape index (κ3) is 2.56. The highest BCUT2D eigenvalue weighted by molar-refractivity contribution is 7.18. The van der Waals surface area contributed by atoms with Crippen LogP contribution in [0.3, 0.4) is 0 Å². The number of fused-ring (bicyclic) bond motifs is 2. The van der Waals surface area contributed by atoms with Gasteiger partial charge in [-0.3, -0.25) is 4.79 Å². The molecule has 4 aromatic rings. The van der Waals surface area contributed by atoms with Crippen molar-refractivity contribution in [3.63, 3.8) is 0 Å². The summed E-state index contributed by atoms with van der Waals surface area (Å²) in [5, 5.41) is 24.4. The molecule has 2 heterocycles. The van der Waals surface area contributed by atoms with Crippen molar-refractivity contribution in [1.82, 2.24) is 10.3 Å². The monoisotopic (exact) mass is 464 g/mol. The van der Waals surface area contributed by atoms with Gasteiger partial charge in [-0.2, -0.15) is 10.5 Å². The molecule has 0 bridgehead atoms. The first-order valence-electron chi connectivity index (χ1n) is 10.9. The third-order valence-corrected chi connectivity index (χ3v) is 8.30. The Morgan fingerprint density at radius 2 is 1.71 bits per heavy atom. The van der Waals surface area contributed by atoms with E-state index in [1.54, 1.807) is 12.1 Å². The molecule has 0 spiro atoms. The summed E-state index contributed by atoms with van der Waals surface area (Å²) in [4.78, 5) is 18.2. The highest BCUT2D eigenvalue weighted by atomic mass is 32.1. The van der Waals surface area contributed by atoms with Crippen molar-refractivity contribution in [3.8, 4) is 12.1 Å². The van der Waals surface area contributed by atoms with Gasteiger partial charge < -0.3 is 5.32 Å². The van der Waals surface area contributed by atoms with E-state index in [9.17, 15) is 19.7 Å². The summed E-state index contributed by atoms with van der Waals surface area (Å²) in [6, 6.07) is 27.6. The number of nitrogens with one attached hydrogen (secondary N) is 1. The Morgan fingerprint density at radius 1 is 1.00 bits per heavy atom. The molecule has 2 fully saturated rings. The van der Waals surface area contributed by atoms with Gasteiger partial charge in [0.15, 0.2) is 0 Å². The molecule has 34 heavy (non-hydrogen) atoms. The van der Waals surface area contributed by atoms with Crippen LogP contribution in [-0.4, -0.2) is 10.9 Å². The van der Waals surface area contributed by atoms with Crippen LogP contribution in [-0.2, 0) is 10.3 Å². The SMILES string of the molecule is N#CC(c1nc2ccccc2s1)C1(c2ccccc2)NC(=O)C2(C#N)[C@H](c3ccc(F)cc3)[C@@H]12. The molecule has 3 aromatic carbocycles. The van der Waals surface area contributed by atoms with Gasteiger partial charge in [0.25, 0.3) is 0 Å². The number of amides is 1. The Labute approximate surface area is 199 Å². The molecule has 5 nitrogen and oxygen atoms in total. The van der Waals surface area contributed by atoms with E-state index in [1.165, 1.54) is 23.5 Å². The van der Waals surface area contributed by atoms with Crippen molar-refractivity contribution in [2.24, 2.45) is 11.3 Å². The van der Waals surface area contributed by atoms with Crippen molar-refractivity contribution in [3.05, 3.63) is 101 Å². The zero-order valence-corrected chi connectivity index (χ0v) is 18.6. The number of halogens is 1. The zero-order valence-electron chi connectivity index (χ0n) is 17.8. The Balaban J connectivity index is 1.58.